The van der Waals surface area contributed by atoms with Gasteiger partial charge in [-0.1, -0.05) is 19.3 Å². The van der Waals surface area contributed by atoms with Crippen LogP contribution < -0.4 is 17.0 Å². The molecule has 21 heavy (non-hydrogen) atoms. The predicted octanol–water partition coefficient (Wildman–Crippen LogP) is -0.691. The molecule has 0 radical (unpaired) electrons. The first-order chi connectivity index (χ1) is 9.43. The Morgan fingerprint density at radius 2 is 1.90 bits per heavy atom. The van der Waals surface area contributed by atoms with Gasteiger partial charge >= 0.3 is 11.8 Å². The van der Waals surface area contributed by atoms with E-state index in [4.69, 9.17) is 0 Å². The zero-order chi connectivity index (χ0) is 14.9. The summed E-state index contributed by atoms with van der Waals surface area (Å²) < 4.78 is 3.13. The van der Waals surface area contributed by atoms with E-state index < -0.39 is 5.97 Å². The molecular weight excluding hydrogens is 292 g/mol. The summed E-state index contributed by atoms with van der Waals surface area (Å²) in [6.45, 7) is 3.81. The quantitative estimate of drug-likeness (QED) is 0.571. The molecule has 1 fully saturated rings. The number of carboxylic acid groups (broad SMARTS) is 1. The molecule has 0 aromatic carbocycles. The highest BCUT2D eigenvalue weighted by atomic mass is 35.5. The molecule has 1 atom stereocenters. The topological polar surface area (TPSA) is 66.3 Å². The van der Waals surface area contributed by atoms with Gasteiger partial charge < -0.3 is 22.7 Å². The van der Waals surface area contributed by atoms with E-state index in [1.807, 2.05) is 25.5 Å². The molecule has 1 aliphatic rings. The lowest BCUT2D eigenvalue weighted by Gasteiger charge is -2.26. The lowest BCUT2D eigenvalue weighted by Crippen LogP contribution is -3.00. The van der Waals surface area contributed by atoms with Crippen molar-refractivity contribution < 1.29 is 32.1 Å². The molecule has 1 aliphatic carbocycles. The average Bonchev–Trinajstić information content (AvgIpc) is 2.62. The Morgan fingerprint density at radius 3 is 2.33 bits per heavy atom. The first kappa shape index (κ1) is 17.8. The van der Waals surface area contributed by atoms with Crippen molar-refractivity contribution in [2.45, 2.75) is 58.3 Å². The number of hydrogen-bond donors (Lipinski definition) is 2. The molecule has 1 saturated carbocycles. The van der Waals surface area contributed by atoms with Crippen LogP contribution in [-0.2, 0) is 11.8 Å². The Hall–Kier alpha value is -1.23. The van der Waals surface area contributed by atoms with Crippen LogP contribution in [0.25, 0.3) is 0 Å². The van der Waals surface area contributed by atoms with Gasteiger partial charge in [-0.3, -0.25) is 4.79 Å². The minimum atomic E-state index is -0.794. The third-order valence-corrected chi connectivity index (χ3v) is 4.85. The molecule has 6 heteroatoms. The van der Waals surface area contributed by atoms with Crippen molar-refractivity contribution in [1.82, 2.24) is 4.73 Å². The van der Waals surface area contributed by atoms with Crippen LogP contribution in [0.3, 0.4) is 0 Å². The van der Waals surface area contributed by atoms with Crippen molar-refractivity contribution >= 4 is 5.97 Å². The van der Waals surface area contributed by atoms with Crippen molar-refractivity contribution in [2.24, 2.45) is 13.0 Å². The van der Waals surface area contributed by atoms with Gasteiger partial charge in [-0.25, -0.2) is 4.57 Å². The molecule has 1 heterocycles. The van der Waals surface area contributed by atoms with Crippen LogP contribution in [0.2, 0.25) is 0 Å². The number of hydrogen-bond acceptors (Lipinski definition) is 2. The van der Waals surface area contributed by atoms with Crippen molar-refractivity contribution in [3.05, 3.63) is 17.2 Å². The van der Waals surface area contributed by atoms with Gasteiger partial charge in [0.1, 0.15) is 5.69 Å². The highest BCUT2D eigenvalue weighted by Gasteiger charge is 2.38. The van der Waals surface area contributed by atoms with Gasteiger partial charge in [0, 0.05) is 13.8 Å². The molecule has 1 aromatic heterocycles. The van der Waals surface area contributed by atoms with E-state index in [1.54, 1.807) is 0 Å². The highest BCUT2D eigenvalue weighted by molar-refractivity contribution is 5.67. The number of imidazole rings is 1. The van der Waals surface area contributed by atoms with Gasteiger partial charge in [-0.15, -0.1) is 0 Å². The van der Waals surface area contributed by atoms with Crippen molar-refractivity contribution in [2.75, 3.05) is 0 Å². The van der Waals surface area contributed by atoms with Crippen LogP contribution in [0.1, 0.15) is 61.7 Å². The van der Waals surface area contributed by atoms with E-state index in [-0.39, 0.29) is 24.7 Å². The maximum atomic E-state index is 11.2. The zero-order valence-corrected chi connectivity index (χ0v) is 13.7. The van der Waals surface area contributed by atoms with Crippen LogP contribution >= 0.6 is 0 Å². The fourth-order valence-electron chi connectivity index (χ4n) is 3.48. The molecule has 0 saturated heterocycles. The Kier molecular flexibility index (Phi) is 6.08. The second kappa shape index (κ2) is 7.16. The molecule has 2 N–H and O–H groups in total. The summed E-state index contributed by atoms with van der Waals surface area (Å²) in [5.74, 6) is 0.173. The lowest BCUT2D eigenvalue weighted by molar-refractivity contribution is -0.687. The Bertz CT molecular complexity index is 482. The first-order valence-electron chi connectivity index (χ1n) is 7.42. The Labute approximate surface area is 132 Å². The van der Waals surface area contributed by atoms with Crippen molar-refractivity contribution in [1.29, 1.82) is 0 Å². The number of carboxylic acids is 1. The van der Waals surface area contributed by atoms with Crippen molar-refractivity contribution in [3.8, 4) is 0 Å². The molecule has 5 nitrogen and oxygen atoms in total. The third kappa shape index (κ3) is 3.51. The number of halogens is 1. The molecule has 1 unspecified atom stereocenters. The zero-order valence-electron chi connectivity index (χ0n) is 13.0. The van der Waals surface area contributed by atoms with Crippen molar-refractivity contribution in [3.63, 3.8) is 0 Å². The molecule has 0 bridgehead atoms. The molecule has 2 rings (SSSR count). The fourth-order valence-corrected chi connectivity index (χ4v) is 3.48. The number of aliphatic carboxylic acids is 1. The molecular formula is C15H25ClN2O3. The van der Waals surface area contributed by atoms with Gasteiger partial charge in [-0.2, -0.15) is 0 Å². The summed E-state index contributed by atoms with van der Waals surface area (Å²) in [6.07, 6.45) is 5.76. The number of carbonyl (C=O) groups is 1. The molecule has 120 valence electrons. The van der Waals surface area contributed by atoms with Crippen LogP contribution in [0.5, 0.6) is 0 Å². The van der Waals surface area contributed by atoms with Crippen LogP contribution in [0, 0.1) is 19.8 Å². The number of aromatic nitrogens is 2. The van der Waals surface area contributed by atoms with Gasteiger partial charge in [-0.05, 0) is 23.5 Å². The minimum Gasteiger partial charge on any atom is -1.00 e. The smallest absolute Gasteiger partial charge is 0.304 e. The average molecular weight is 317 g/mol. The van der Waals surface area contributed by atoms with Gasteiger partial charge in [0.2, 0.25) is 0 Å². The van der Waals surface area contributed by atoms with Gasteiger partial charge in [0.25, 0.3) is 0 Å². The van der Waals surface area contributed by atoms with E-state index in [0.29, 0.717) is 5.92 Å². The summed E-state index contributed by atoms with van der Waals surface area (Å²) >= 11 is 0. The second-order valence-corrected chi connectivity index (χ2v) is 6.00. The fraction of sp³-hybridized carbons (Fsp3) is 0.733. The minimum absolute atomic E-state index is 0. The Balaban J connectivity index is 0.00000220. The first-order valence-corrected chi connectivity index (χ1v) is 7.42. The number of rotatable bonds is 4. The molecule has 0 amide bonds. The lowest BCUT2D eigenvalue weighted by atomic mass is 9.78. The summed E-state index contributed by atoms with van der Waals surface area (Å²) in [7, 11) is 1.90. The van der Waals surface area contributed by atoms with Crippen LogP contribution in [0.4, 0.5) is 0 Å². The Morgan fingerprint density at radius 1 is 1.33 bits per heavy atom. The van der Waals surface area contributed by atoms with Crippen LogP contribution in [-0.4, -0.2) is 21.0 Å². The third-order valence-electron chi connectivity index (χ3n) is 4.85. The van der Waals surface area contributed by atoms with E-state index in [1.165, 1.54) is 11.2 Å². The van der Waals surface area contributed by atoms with Gasteiger partial charge in [0.15, 0.2) is 5.69 Å². The van der Waals surface area contributed by atoms with E-state index in [9.17, 15) is 15.1 Å². The van der Waals surface area contributed by atoms with E-state index in [0.717, 1.165) is 42.9 Å². The number of nitrogens with zero attached hydrogens (tertiary/aromatic N) is 2. The largest absolute Gasteiger partial charge is 1.00 e. The molecule has 1 aromatic rings. The van der Waals surface area contributed by atoms with E-state index in [2.05, 4.69) is 0 Å². The van der Waals surface area contributed by atoms with Crippen LogP contribution in [0.15, 0.2) is 0 Å². The van der Waals surface area contributed by atoms with E-state index >= 15 is 0 Å². The predicted molar refractivity (Wildman–Crippen MR) is 73.8 cm³/mol. The van der Waals surface area contributed by atoms with Gasteiger partial charge in [0.05, 0.1) is 19.4 Å². The maximum absolute atomic E-state index is 11.2. The second-order valence-electron chi connectivity index (χ2n) is 6.00. The summed E-state index contributed by atoms with van der Waals surface area (Å²) in [5, 5.41) is 19.5. The summed E-state index contributed by atoms with van der Waals surface area (Å²) in [6, 6.07) is 0. The SMILES string of the molecule is Cc1c(C)[n+](C)c(C(CC(=O)O)C2CCCCC2)n1O.[Cl-]. The standard InChI is InChI=1S/C15H24N2O3.ClH/c1-10-11(2)17(20)15(16(10)3)13(9-14(18)19)12-7-5-4-6-8-12;/h12-13H,4-9H2,1-3H3,(H-,18,19,20);1H. The summed E-state index contributed by atoms with van der Waals surface area (Å²) in [4.78, 5) is 11.2. The summed E-state index contributed by atoms with van der Waals surface area (Å²) in [5.41, 5.74) is 1.77. The maximum Gasteiger partial charge on any atom is 0.304 e. The normalized spacial score (nSPS) is 17.3. The monoisotopic (exact) mass is 316 g/mol. The molecule has 0 spiro atoms. The molecule has 0 aliphatic heterocycles. The highest BCUT2D eigenvalue weighted by Crippen LogP contribution is 2.37.